The zero-order valence-electron chi connectivity index (χ0n) is 15.2. The maximum Gasteiger partial charge on any atom is 0.264 e. The van der Waals surface area contributed by atoms with Crippen LogP contribution in [0.1, 0.15) is 37.3 Å². The van der Waals surface area contributed by atoms with Crippen LogP contribution < -0.4 is 10.6 Å². The molecule has 0 aromatic heterocycles. The highest BCUT2D eigenvalue weighted by Crippen LogP contribution is 2.17. The predicted molar refractivity (Wildman–Crippen MR) is 96.8 cm³/mol. The van der Waals surface area contributed by atoms with E-state index in [9.17, 15) is 9.59 Å². The summed E-state index contributed by atoms with van der Waals surface area (Å²) in [4.78, 5) is 29.7. The molecule has 2 aliphatic heterocycles. The molecule has 3 atom stereocenters. The highest BCUT2D eigenvalue weighted by Gasteiger charge is 2.30. The van der Waals surface area contributed by atoms with Crippen molar-refractivity contribution in [1.29, 1.82) is 0 Å². The third-order valence-electron chi connectivity index (χ3n) is 4.63. The van der Waals surface area contributed by atoms with Crippen LogP contribution in [0, 0.1) is 6.92 Å². The summed E-state index contributed by atoms with van der Waals surface area (Å²) >= 11 is 0. The van der Waals surface area contributed by atoms with Crippen LogP contribution in [-0.2, 0) is 19.2 Å². The summed E-state index contributed by atoms with van der Waals surface area (Å²) in [6, 6.07) is 7.26. The van der Waals surface area contributed by atoms with E-state index in [1.165, 1.54) is 0 Å². The Morgan fingerprint density at radius 3 is 2.77 bits per heavy atom. The molecule has 2 aliphatic rings. The zero-order chi connectivity index (χ0) is 18.5. The highest BCUT2D eigenvalue weighted by molar-refractivity contribution is 6.04. The molecular formula is C19H25N3O4. The maximum absolute atomic E-state index is 12.3. The number of hydrogen-bond acceptors (Lipinski definition) is 5. The van der Waals surface area contributed by atoms with Gasteiger partial charge in [0.15, 0.2) is 0 Å². The third kappa shape index (κ3) is 4.60. The molecule has 2 heterocycles. The van der Waals surface area contributed by atoms with E-state index >= 15 is 0 Å². The first-order chi connectivity index (χ1) is 12.5. The fourth-order valence-electron chi connectivity index (χ4n) is 2.98. The monoisotopic (exact) mass is 359 g/mol. The molecule has 0 spiro atoms. The van der Waals surface area contributed by atoms with Gasteiger partial charge in [-0.15, -0.1) is 0 Å². The number of hydrogen-bond donors (Lipinski definition) is 2. The molecule has 0 radical (unpaired) electrons. The van der Waals surface area contributed by atoms with Crippen molar-refractivity contribution in [2.45, 2.75) is 51.4 Å². The van der Waals surface area contributed by atoms with E-state index in [2.05, 4.69) is 15.8 Å². The Balaban J connectivity index is 1.44. The molecule has 140 valence electrons. The number of carbonyl (C=O) groups excluding carboxylic acids is 2. The van der Waals surface area contributed by atoms with Crippen LogP contribution in [0.15, 0.2) is 29.4 Å². The quantitative estimate of drug-likeness (QED) is 0.801. The van der Waals surface area contributed by atoms with Crippen molar-refractivity contribution in [1.82, 2.24) is 10.6 Å². The Morgan fingerprint density at radius 1 is 1.31 bits per heavy atom. The molecule has 7 nitrogen and oxygen atoms in total. The summed E-state index contributed by atoms with van der Waals surface area (Å²) in [6.07, 6.45) is 1.73. The van der Waals surface area contributed by atoms with E-state index in [1.807, 2.05) is 31.2 Å². The Morgan fingerprint density at radius 2 is 2.08 bits per heavy atom. The van der Waals surface area contributed by atoms with Crippen molar-refractivity contribution in [2.24, 2.45) is 5.16 Å². The van der Waals surface area contributed by atoms with E-state index in [1.54, 1.807) is 6.92 Å². The fraction of sp³-hybridized carbons (Fsp3) is 0.526. The molecule has 26 heavy (non-hydrogen) atoms. The smallest absolute Gasteiger partial charge is 0.264 e. The summed E-state index contributed by atoms with van der Waals surface area (Å²) in [5.74, 6) is -0.567. The van der Waals surface area contributed by atoms with Gasteiger partial charge < -0.3 is 20.2 Å². The second-order valence-electron chi connectivity index (χ2n) is 6.81. The van der Waals surface area contributed by atoms with Gasteiger partial charge in [-0.2, -0.15) is 0 Å². The van der Waals surface area contributed by atoms with Crippen molar-refractivity contribution in [3.8, 4) is 0 Å². The lowest BCUT2D eigenvalue weighted by molar-refractivity contribution is -0.135. The van der Waals surface area contributed by atoms with Crippen LogP contribution in [-0.4, -0.2) is 48.9 Å². The van der Waals surface area contributed by atoms with Gasteiger partial charge in [0.05, 0.1) is 11.8 Å². The van der Waals surface area contributed by atoms with Gasteiger partial charge in [0.1, 0.15) is 6.04 Å². The van der Waals surface area contributed by atoms with Gasteiger partial charge in [0.2, 0.25) is 12.0 Å². The van der Waals surface area contributed by atoms with Gasteiger partial charge in [-0.05, 0) is 32.3 Å². The molecule has 3 rings (SSSR count). The van der Waals surface area contributed by atoms with E-state index in [0.717, 1.165) is 36.3 Å². The molecule has 0 bridgehead atoms. The van der Waals surface area contributed by atoms with Gasteiger partial charge in [0.25, 0.3) is 5.91 Å². The minimum atomic E-state index is -0.709. The number of ether oxygens (including phenoxy) is 1. The van der Waals surface area contributed by atoms with E-state index in [-0.39, 0.29) is 17.9 Å². The molecule has 0 unspecified atom stereocenters. The number of carbonyl (C=O) groups is 2. The Bertz CT molecular complexity index is 681. The van der Waals surface area contributed by atoms with E-state index in [0.29, 0.717) is 13.0 Å². The molecule has 1 aromatic carbocycles. The average molecular weight is 359 g/mol. The highest BCUT2D eigenvalue weighted by atomic mass is 16.6. The summed E-state index contributed by atoms with van der Waals surface area (Å²) in [5.41, 5.74) is 2.83. The van der Waals surface area contributed by atoms with Gasteiger partial charge in [-0.25, -0.2) is 0 Å². The lowest BCUT2D eigenvalue weighted by atomic mass is 10.0. The first-order valence-corrected chi connectivity index (χ1v) is 9.02. The number of aryl methyl sites for hydroxylation is 1. The van der Waals surface area contributed by atoms with Crippen LogP contribution in [0.5, 0.6) is 0 Å². The van der Waals surface area contributed by atoms with Crippen molar-refractivity contribution < 1.29 is 19.2 Å². The number of rotatable bonds is 6. The van der Waals surface area contributed by atoms with Gasteiger partial charge in [-0.1, -0.05) is 35.0 Å². The molecule has 0 saturated carbocycles. The molecule has 1 fully saturated rings. The third-order valence-corrected chi connectivity index (χ3v) is 4.63. The average Bonchev–Trinajstić information content (AvgIpc) is 3.32. The lowest BCUT2D eigenvalue weighted by Gasteiger charge is -2.17. The Hall–Kier alpha value is -2.41. The van der Waals surface area contributed by atoms with Crippen molar-refractivity contribution in [2.75, 3.05) is 13.2 Å². The summed E-state index contributed by atoms with van der Waals surface area (Å²) in [7, 11) is 0. The number of oxime groups is 1. The molecule has 2 amide bonds. The SMILES string of the molecule is Cc1ccc(C2=NO[C@@H](C(=O)N[C@H](C)C(=O)NC[C@@H]3CCCO3)C2)cc1. The molecular weight excluding hydrogens is 334 g/mol. The van der Waals surface area contributed by atoms with Gasteiger partial charge in [0, 0.05) is 19.6 Å². The number of nitrogens with one attached hydrogen (secondary N) is 2. The van der Waals surface area contributed by atoms with Crippen molar-refractivity contribution >= 4 is 17.5 Å². The van der Waals surface area contributed by atoms with Crippen LogP contribution >= 0.6 is 0 Å². The Kier molecular flexibility index (Phi) is 5.88. The number of nitrogens with zero attached hydrogens (tertiary/aromatic N) is 1. The zero-order valence-corrected chi connectivity index (χ0v) is 15.2. The van der Waals surface area contributed by atoms with Crippen molar-refractivity contribution in [3.05, 3.63) is 35.4 Å². The second kappa shape index (κ2) is 8.31. The van der Waals surface area contributed by atoms with Gasteiger partial charge in [-0.3, -0.25) is 9.59 Å². The van der Waals surface area contributed by atoms with Crippen molar-refractivity contribution in [3.63, 3.8) is 0 Å². The van der Waals surface area contributed by atoms with Crippen LogP contribution in [0.4, 0.5) is 0 Å². The topological polar surface area (TPSA) is 89.0 Å². The molecule has 1 aromatic rings. The number of benzene rings is 1. The Labute approximate surface area is 153 Å². The summed E-state index contributed by atoms with van der Waals surface area (Å²) in [6.45, 7) is 4.88. The molecule has 7 heteroatoms. The van der Waals surface area contributed by atoms with Crippen LogP contribution in [0.25, 0.3) is 0 Å². The minimum absolute atomic E-state index is 0.0745. The predicted octanol–water partition coefficient (Wildman–Crippen LogP) is 1.29. The molecule has 1 saturated heterocycles. The lowest BCUT2D eigenvalue weighted by Crippen LogP contribution is -2.49. The summed E-state index contributed by atoms with van der Waals surface area (Å²) in [5, 5.41) is 9.52. The van der Waals surface area contributed by atoms with Crippen LogP contribution in [0.3, 0.4) is 0 Å². The second-order valence-corrected chi connectivity index (χ2v) is 6.81. The molecule has 0 aliphatic carbocycles. The molecule has 2 N–H and O–H groups in total. The van der Waals surface area contributed by atoms with Gasteiger partial charge >= 0.3 is 0 Å². The maximum atomic E-state index is 12.3. The van der Waals surface area contributed by atoms with E-state index in [4.69, 9.17) is 9.57 Å². The minimum Gasteiger partial charge on any atom is -0.382 e. The summed E-state index contributed by atoms with van der Waals surface area (Å²) < 4.78 is 5.47. The number of amides is 2. The standard InChI is InChI=1S/C19H25N3O4/c1-12-5-7-14(8-6-12)16-10-17(26-22-16)19(24)21-13(2)18(23)20-11-15-4-3-9-25-15/h5-8,13,15,17H,3-4,9-11H2,1-2H3,(H,20,23)(H,21,24)/t13-,15+,17-/m1/s1. The van der Waals surface area contributed by atoms with Crippen LogP contribution in [0.2, 0.25) is 0 Å². The van der Waals surface area contributed by atoms with E-state index < -0.39 is 12.1 Å². The first kappa shape index (κ1) is 18.4. The fourth-order valence-corrected chi connectivity index (χ4v) is 2.98. The normalized spacial score (nSPS) is 23.1. The largest absolute Gasteiger partial charge is 0.382 e. The first-order valence-electron chi connectivity index (χ1n) is 9.02.